The van der Waals surface area contributed by atoms with E-state index in [0.717, 1.165) is 10.8 Å². The Morgan fingerprint density at radius 2 is 1.75 bits per heavy atom. The van der Waals surface area contributed by atoms with Gasteiger partial charge in [0.15, 0.2) is 0 Å². The zero-order valence-corrected chi connectivity index (χ0v) is 15.1. The Morgan fingerprint density at radius 1 is 1.08 bits per heavy atom. The smallest absolute Gasteiger partial charge is 0.340 e. The lowest BCUT2D eigenvalue weighted by Crippen LogP contribution is -2.40. The molecule has 24 heavy (non-hydrogen) atoms. The largest absolute Gasteiger partial charge is 0.479 e. The lowest BCUT2D eigenvalue weighted by Gasteiger charge is -2.34. The van der Waals surface area contributed by atoms with E-state index in [9.17, 15) is 9.90 Å². The Labute approximate surface area is 150 Å². The van der Waals surface area contributed by atoms with Crippen LogP contribution in [-0.4, -0.2) is 11.1 Å². The summed E-state index contributed by atoms with van der Waals surface area (Å²) in [6, 6.07) is 12.4. The molecule has 0 aromatic heterocycles. The number of para-hydroxylation sites is 1. The summed E-state index contributed by atoms with van der Waals surface area (Å²) < 4.78 is 0. The highest BCUT2D eigenvalue weighted by molar-refractivity contribution is 6.42. The van der Waals surface area contributed by atoms with Crippen LogP contribution in [0.1, 0.15) is 26.3 Å². The first-order chi connectivity index (χ1) is 11.2. The number of carbonyl (C=O) groups is 1. The fourth-order valence-corrected chi connectivity index (χ4v) is 3.67. The molecule has 0 saturated heterocycles. The minimum Gasteiger partial charge on any atom is -0.479 e. The highest BCUT2D eigenvalue weighted by Gasteiger charge is 2.50. The second-order valence-electron chi connectivity index (χ2n) is 6.90. The van der Waals surface area contributed by atoms with Crippen molar-refractivity contribution in [1.29, 1.82) is 0 Å². The molecule has 1 unspecified atom stereocenters. The molecule has 1 heterocycles. The molecule has 124 valence electrons. The molecule has 0 fully saturated rings. The molecule has 0 radical (unpaired) electrons. The summed E-state index contributed by atoms with van der Waals surface area (Å²) in [5, 5.41) is 12.4. The molecule has 3 rings (SSSR count). The molecular weight excluding hydrogens is 345 g/mol. The van der Waals surface area contributed by atoms with Gasteiger partial charge in [-0.05, 0) is 34.8 Å². The molecule has 0 amide bonds. The van der Waals surface area contributed by atoms with Gasteiger partial charge < -0.3 is 5.11 Å². The summed E-state index contributed by atoms with van der Waals surface area (Å²) in [7, 11) is 0. The fraction of sp³-hybridized carbons (Fsp3) is 0.263. The predicted molar refractivity (Wildman–Crippen MR) is 95.9 cm³/mol. The Kier molecular flexibility index (Phi) is 3.97. The number of nitrogens with zero attached hydrogens (tertiary/aromatic N) is 1. The molecule has 1 atom stereocenters. The van der Waals surface area contributed by atoms with Crippen molar-refractivity contribution in [2.75, 3.05) is 0 Å². The van der Waals surface area contributed by atoms with E-state index < -0.39 is 16.9 Å². The Balaban J connectivity index is 2.46. The maximum Gasteiger partial charge on any atom is 0.340 e. The van der Waals surface area contributed by atoms with Crippen LogP contribution in [0.25, 0.3) is 5.57 Å². The summed E-state index contributed by atoms with van der Waals surface area (Å²) in [4.78, 5) is 17.1. The molecule has 0 aliphatic carbocycles. The number of fused-ring (bicyclic) bond motifs is 1. The monoisotopic (exact) mass is 361 g/mol. The fourth-order valence-electron chi connectivity index (χ4n) is 3.37. The van der Waals surface area contributed by atoms with Crippen LogP contribution in [0.4, 0.5) is 0 Å². The van der Waals surface area contributed by atoms with Gasteiger partial charge in [-0.25, -0.2) is 4.79 Å². The van der Waals surface area contributed by atoms with Crippen molar-refractivity contribution in [3.8, 4) is 0 Å². The summed E-state index contributed by atoms with van der Waals surface area (Å²) in [5.74, 6) is -1.03. The average Bonchev–Trinajstić information content (AvgIpc) is 2.86. The van der Waals surface area contributed by atoms with Crippen LogP contribution in [0.15, 0.2) is 47.5 Å². The van der Waals surface area contributed by atoms with Gasteiger partial charge in [-0.3, -0.25) is 4.99 Å². The van der Waals surface area contributed by atoms with Crippen LogP contribution < -0.4 is 10.6 Å². The number of carboxylic acid groups (broad SMARTS) is 1. The second-order valence-corrected chi connectivity index (χ2v) is 7.71. The topological polar surface area (TPSA) is 49.7 Å². The Morgan fingerprint density at radius 3 is 2.33 bits per heavy atom. The quantitative estimate of drug-likeness (QED) is 0.884. The third-order valence-electron chi connectivity index (χ3n) is 4.22. The van der Waals surface area contributed by atoms with Crippen molar-refractivity contribution < 1.29 is 9.90 Å². The van der Waals surface area contributed by atoms with E-state index in [1.165, 1.54) is 0 Å². The van der Waals surface area contributed by atoms with Crippen LogP contribution in [0, 0.1) is 5.41 Å². The average molecular weight is 362 g/mol. The van der Waals surface area contributed by atoms with Crippen LogP contribution in [0.3, 0.4) is 0 Å². The van der Waals surface area contributed by atoms with E-state index in [1.54, 1.807) is 18.2 Å². The number of hydrogen-bond acceptors (Lipinski definition) is 2. The molecule has 0 bridgehead atoms. The number of halogens is 2. The maximum atomic E-state index is 12.5. The van der Waals surface area contributed by atoms with Crippen molar-refractivity contribution in [3.05, 3.63) is 68.6 Å². The summed E-state index contributed by atoms with van der Waals surface area (Å²) in [6.45, 7) is 5.99. The number of benzene rings is 2. The first-order valence-electron chi connectivity index (χ1n) is 7.57. The SMILES string of the molecule is CC(C)(C)C1=c2ccccc2=NC1(C(=O)O)c1ccc(Cl)c(Cl)c1. The summed E-state index contributed by atoms with van der Waals surface area (Å²) in [5.41, 5.74) is -0.654. The molecule has 1 N–H and O–H groups in total. The van der Waals surface area contributed by atoms with Crippen molar-refractivity contribution in [2.24, 2.45) is 10.4 Å². The molecule has 2 aromatic rings. The second kappa shape index (κ2) is 5.61. The molecule has 0 saturated carbocycles. The Hall–Kier alpha value is -1.84. The van der Waals surface area contributed by atoms with Gasteiger partial charge in [0.2, 0.25) is 5.54 Å². The van der Waals surface area contributed by atoms with E-state index in [1.807, 2.05) is 45.0 Å². The summed E-state index contributed by atoms with van der Waals surface area (Å²) in [6.07, 6.45) is 0. The highest BCUT2D eigenvalue weighted by atomic mass is 35.5. The normalized spacial score (nSPS) is 19.8. The van der Waals surface area contributed by atoms with Gasteiger partial charge in [0.05, 0.1) is 15.4 Å². The van der Waals surface area contributed by atoms with Gasteiger partial charge in [0.25, 0.3) is 0 Å². The van der Waals surface area contributed by atoms with E-state index in [0.29, 0.717) is 21.0 Å². The molecule has 1 aliphatic rings. The first-order valence-corrected chi connectivity index (χ1v) is 8.32. The van der Waals surface area contributed by atoms with Crippen LogP contribution >= 0.6 is 23.2 Å². The molecule has 3 nitrogen and oxygen atoms in total. The van der Waals surface area contributed by atoms with Crippen molar-refractivity contribution in [2.45, 2.75) is 26.3 Å². The van der Waals surface area contributed by atoms with Crippen LogP contribution in [0.2, 0.25) is 10.0 Å². The predicted octanol–water partition coefficient (Wildman–Crippen LogP) is 3.80. The van der Waals surface area contributed by atoms with E-state index in [4.69, 9.17) is 23.2 Å². The van der Waals surface area contributed by atoms with Gasteiger partial charge in [-0.15, -0.1) is 0 Å². The third kappa shape index (κ3) is 2.43. The summed E-state index contributed by atoms with van der Waals surface area (Å²) >= 11 is 12.2. The van der Waals surface area contributed by atoms with Crippen molar-refractivity contribution in [1.82, 2.24) is 0 Å². The van der Waals surface area contributed by atoms with Crippen LogP contribution in [0.5, 0.6) is 0 Å². The molecule has 2 aromatic carbocycles. The molecule has 1 aliphatic heterocycles. The Bertz CT molecular complexity index is 960. The van der Waals surface area contributed by atoms with E-state index in [-0.39, 0.29) is 0 Å². The standard InChI is InChI=1S/C19H17Cl2NO2/c1-18(2,3)16-12-6-4-5-7-15(12)22-19(16,17(23)24)11-8-9-13(20)14(21)10-11/h4-10H,1-3H3,(H,23,24). The first kappa shape index (κ1) is 17.0. The zero-order chi connectivity index (χ0) is 17.7. The lowest BCUT2D eigenvalue weighted by molar-refractivity contribution is -0.141. The number of rotatable bonds is 2. The highest BCUT2D eigenvalue weighted by Crippen LogP contribution is 2.46. The lowest BCUT2D eigenvalue weighted by atomic mass is 9.71. The van der Waals surface area contributed by atoms with Gasteiger partial charge in [0, 0.05) is 5.22 Å². The minimum absolute atomic E-state index is 0.314. The maximum absolute atomic E-state index is 12.5. The molecule has 5 heteroatoms. The van der Waals surface area contributed by atoms with E-state index >= 15 is 0 Å². The van der Waals surface area contributed by atoms with Crippen molar-refractivity contribution >= 4 is 34.7 Å². The number of carboxylic acids is 1. The molecular formula is C19H17Cl2NO2. The van der Waals surface area contributed by atoms with Crippen molar-refractivity contribution in [3.63, 3.8) is 0 Å². The van der Waals surface area contributed by atoms with Gasteiger partial charge >= 0.3 is 5.97 Å². The minimum atomic E-state index is -1.50. The van der Waals surface area contributed by atoms with Gasteiger partial charge in [-0.2, -0.15) is 0 Å². The molecule has 0 spiro atoms. The van der Waals surface area contributed by atoms with Gasteiger partial charge in [0.1, 0.15) is 0 Å². The third-order valence-corrected chi connectivity index (χ3v) is 4.96. The number of aliphatic carboxylic acids is 1. The van der Waals surface area contributed by atoms with Crippen LogP contribution in [-0.2, 0) is 10.3 Å². The zero-order valence-electron chi connectivity index (χ0n) is 13.6. The number of hydrogen-bond donors (Lipinski definition) is 1. The van der Waals surface area contributed by atoms with Gasteiger partial charge in [-0.1, -0.05) is 68.2 Å². The van der Waals surface area contributed by atoms with E-state index in [2.05, 4.69) is 4.99 Å².